The zero-order valence-corrected chi connectivity index (χ0v) is 18.7. The first-order valence-electron chi connectivity index (χ1n) is 10.5. The lowest BCUT2D eigenvalue weighted by Crippen LogP contribution is -2.48. The number of thiazole rings is 1. The predicted octanol–water partition coefficient (Wildman–Crippen LogP) is 3.86. The van der Waals surface area contributed by atoms with Crippen LogP contribution in [0.1, 0.15) is 22.3 Å². The summed E-state index contributed by atoms with van der Waals surface area (Å²) in [5.74, 6) is 1.16. The van der Waals surface area contributed by atoms with Gasteiger partial charge in [0.15, 0.2) is 0 Å². The molecule has 1 atom stereocenters. The second kappa shape index (κ2) is 8.40. The van der Waals surface area contributed by atoms with Gasteiger partial charge in [-0.05, 0) is 37.3 Å². The van der Waals surface area contributed by atoms with Crippen molar-refractivity contribution in [3.05, 3.63) is 70.6 Å². The first-order valence-corrected chi connectivity index (χ1v) is 11.3. The minimum atomic E-state index is -0.414. The van der Waals surface area contributed by atoms with Crippen LogP contribution in [0.5, 0.6) is 11.6 Å². The van der Waals surface area contributed by atoms with Crippen molar-refractivity contribution < 1.29 is 14.2 Å². The number of halogens is 1. The maximum absolute atomic E-state index is 14.9. The van der Waals surface area contributed by atoms with E-state index in [0.717, 1.165) is 37.6 Å². The van der Waals surface area contributed by atoms with Crippen molar-refractivity contribution in [2.45, 2.75) is 13.0 Å². The van der Waals surface area contributed by atoms with Gasteiger partial charge in [0.1, 0.15) is 17.4 Å². The quantitative estimate of drug-likeness (QED) is 0.495. The number of piperazine rings is 1. The Morgan fingerprint density at radius 3 is 2.44 bits per heavy atom. The number of fused-ring (bicyclic) bond motifs is 1. The Bertz CT molecular complexity index is 1230. The third-order valence-electron chi connectivity index (χ3n) is 5.87. The monoisotopic (exact) mass is 453 g/mol. The van der Waals surface area contributed by atoms with Crippen LogP contribution in [-0.4, -0.2) is 57.9 Å². The molecule has 0 spiro atoms. The minimum Gasteiger partial charge on any atom is -0.497 e. The molecule has 1 N–H and O–H groups in total. The number of ether oxygens (including phenoxy) is 1. The molecule has 0 saturated carbocycles. The smallest absolute Gasteiger partial charge is 0.230 e. The van der Waals surface area contributed by atoms with E-state index in [1.807, 2.05) is 18.2 Å². The first-order chi connectivity index (χ1) is 15.5. The van der Waals surface area contributed by atoms with Crippen LogP contribution >= 0.6 is 11.3 Å². The molecule has 0 amide bonds. The molecular weight excluding hydrogens is 429 g/mol. The number of rotatable bonds is 5. The van der Waals surface area contributed by atoms with E-state index in [9.17, 15) is 9.50 Å². The minimum absolute atomic E-state index is 0.0245. The van der Waals surface area contributed by atoms with E-state index >= 15 is 0 Å². The fourth-order valence-corrected chi connectivity index (χ4v) is 5.41. The molecule has 0 aliphatic carbocycles. The topological polar surface area (TPSA) is 66.1 Å². The summed E-state index contributed by atoms with van der Waals surface area (Å²) in [7, 11) is 1.66. The van der Waals surface area contributed by atoms with Crippen molar-refractivity contribution in [1.29, 1.82) is 0 Å². The van der Waals surface area contributed by atoms with Crippen LogP contribution in [0.15, 0.2) is 48.5 Å². The van der Waals surface area contributed by atoms with E-state index in [0.29, 0.717) is 21.2 Å². The third-order valence-corrected chi connectivity index (χ3v) is 6.94. The first kappa shape index (κ1) is 20.7. The summed E-state index contributed by atoms with van der Waals surface area (Å²) >= 11 is 1.35. The number of anilines is 1. The molecule has 1 saturated heterocycles. The lowest BCUT2D eigenvalue weighted by Gasteiger charge is -2.40. The van der Waals surface area contributed by atoms with Gasteiger partial charge in [0.05, 0.1) is 18.0 Å². The van der Waals surface area contributed by atoms with Crippen molar-refractivity contribution in [1.82, 2.24) is 19.5 Å². The van der Waals surface area contributed by atoms with Gasteiger partial charge in [-0.1, -0.05) is 29.5 Å². The molecular formula is C23H24FN5O2S. The van der Waals surface area contributed by atoms with Crippen LogP contribution in [0.25, 0.3) is 4.96 Å². The second-order valence-electron chi connectivity index (χ2n) is 7.79. The van der Waals surface area contributed by atoms with Gasteiger partial charge < -0.3 is 14.7 Å². The van der Waals surface area contributed by atoms with Crippen LogP contribution in [-0.2, 0) is 0 Å². The van der Waals surface area contributed by atoms with Crippen LogP contribution in [0.2, 0.25) is 0 Å². The summed E-state index contributed by atoms with van der Waals surface area (Å²) in [5, 5.41) is 15.2. The Kier molecular flexibility index (Phi) is 5.44. The van der Waals surface area contributed by atoms with Crippen molar-refractivity contribution in [3.8, 4) is 11.6 Å². The molecule has 0 radical (unpaired) electrons. The van der Waals surface area contributed by atoms with Crippen molar-refractivity contribution in [2.24, 2.45) is 0 Å². The highest BCUT2D eigenvalue weighted by Gasteiger charge is 2.33. The number of hydrogen-bond donors (Lipinski definition) is 1. The molecule has 2 aromatic carbocycles. The van der Waals surface area contributed by atoms with Crippen LogP contribution in [0, 0.1) is 12.7 Å². The highest BCUT2D eigenvalue weighted by atomic mass is 32.1. The van der Waals surface area contributed by atoms with E-state index in [1.165, 1.54) is 21.9 Å². The standard InChI is InChI=1S/C23H24FN5O2S/c1-15-25-23-29(26-15)22(30)21(32-23)20(18-5-3-4-6-19(18)24)28-13-11-27(12-14-28)16-7-9-17(31-2)10-8-16/h3-10,20,30H,11-14H2,1-2H3/t20-/m1/s1. The van der Waals surface area contributed by atoms with Gasteiger partial charge in [0.25, 0.3) is 0 Å². The van der Waals surface area contributed by atoms with Gasteiger partial charge in [-0.25, -0.2) is 9.37 Å². The van der Waals surface area contributed by atoms with Gasteiger partial charge >= 0.3 is 0 Å². The number of methoxy groups -OCH3 is 1. The van der Waals surface area contributed by atoms with E-state index in [1.54, 1.807) is 26.2 Å². The number of aromatic hydroxyl groups is 1. The molecule has 0 bridgehead atoms. The highest BCUT2D eigenvalue weighted by Crippen LogP contribution is 2.41. The normalized spacial score (nSPS) is 15.9. The summed E-state index contributed by atoms with van der Waals surface area (Å²) in [6.07, 6.45) is 0. The van der Waals surface area contributed by atoms with E-state index in [4.69, 9.17) is 4.74 Å². The Morgan fingerprint density at radius 2 is 1.78 bits per heavy atom. The molecule has 7 nitrogen and oxygen atoms in total. The molecule has 9 heteroatoms. The zero-order valence-electron chi connectivity index (χ0n) is 17.9. The van der Waals surface area contributed by atoms with E-state index < -0.39 is 6.04 Å². The van der Waals surface area contributed by atoms with Crippen LogP contribution in [0.4, 0.5) is 10.1 Å². The maximum atomic E-state index is 14.9. The van der Waals surface area contributed by atoms with E-state index in [-0.39, 0.29) is 11.7 Å². The zero-order chi connectivity index (χ0) is 22.2. The average molecular weight is 454 g/mol. The summed E-state index contributed by atoms with van der Waals surface area (Å²) in [4.78, 5) is 10.2. The number of hydrogen-bond acceptors (Lipinski definition) is 7. The molecule has 32 heavy (non-hydrogen) atoms. The fourth-order valence-electron chi connectivity index (χ4n) is 4.26. The van der Waals surface area contributed by atoms with Gasteiger partial charge in [-0.2, -0.15) is 4.52 Å². The second-order valence-corrected chi connectivity index (χ2v) is 8.80. The summed E-state index contributed by atoms with van der Waals surface area (Å²) in [5.41, 5.74) is 1.67. The number of aryl methyl sites for hydroxylation is 1. The van der Waals surface area contributed by atoms with Crippen molar-refractivity contribution >= 4 is 22.0 Å². The Labute approximate surface area is 189 Å². The molecule has 5 rings (SSSR count). The Hall–Kier alpha value is -3.17. The molecule has 1 fully saturated rings. The summed E-state index contributed by atoms with van der Waals surface area (Å²) in [6.45, 7) is 4.80. The maximum Gasteiger partial charge on any atom is 0.230 e. The lowest BCUT2D eigenvalue weighted by molar-refractivity contribution is 0.208. The largest absolute Gasteiger partial charge is 0.497 e. The van der Waals surface area contributed by atoms with Crippen molar-refractivity contribution in [3.63, 3.8) is 0 Å². The number of benzene rings is 2. The molecule has 4 aromatic rings. The molecule has 1 aliphatic heterocycles. The molecule has 3 heterocycles. The lowest BCUT2D eigenvalue weighted by atomic mass is 10.0. The van der Waals surface area contributed by atoms with Crippen LogP contribution < -0.4 is 9.64 Å². The number of nitrogens with zero attached hydrogens (tertiary/aromatic N) is 5. The van der Waals surface area contributed by atoms with Gasteiger partial charge in [-0.3, -0.25) is 4.90 Å². The SMILES string of the molecule is COc1ccc(N2CCN([C@H](c3ccccc3F)c3sc4nc(C)nn4c3O)CC2)cc1. The highest BCUT2D eigenvalue weighted by molar-refractivity contribution is 7.17. The molecule has 0 unspecified atom stereocenters. The predicted molar refractivity (Wildman–Crippen MR) is 122 cm³/mol. The summed E-state index contributed by atoms with van der Waals surface area (Å²) in [6, 6.07) is 14.4. The van der Waals surface area contributed by atoms with Gasteiger partial charge in [0, 0.05) is 37.4 Å². The molecule has 166 valence electrons. The molecule has 2 aromatic heterocycles. The van der Waals surface area contributed by atoms with Gasteiger partial charge in [0.2, 0.25) is 10.8 Å². The number of aromatic nitrogens is 3. The Morgan fingerprint density at radius 1 is 1.06 bits per heavy atom. The van der Waals surface area contributed by atoms with Gasteiger partial charge in [-0.15, -0.1) is 5.10 Å². The van der Waals surface area contributed by atoms with Crippen molar-refractivity contribution in [2.75, 3.05) is 38.2 Å². The van der Waals surface area contributed by atoms with E-state index in [2.05, 4.69) is 32.0 Å². The fraction of sp³-hybridized carbons (Fsp3) is 0.304. The molecule has 1 aliphatic rings. The average Bonchev–Trinajstić information content (AvgIpc) is 3.33. The Balaban J connectivity index is 1.45. The van der Waals surface area contributed by atoms with Crippen LogP contribution in [0.3, 0.4) is 0 Å². The summed E-state index contributed by atoms with van der Waals surface area (Å²) < 4.78 is 21.6. The third kappa shape index (κ3) is 3.67.